The van der Waals surface area contributed by atoms with Crippen molar-refractivity contribution in [3.8, 4) is 5.75 Å². The number of nitrogens with zero attached hydrogens (tertiary/aromatic N) is 2. The second-order valence-electron chi connectivity index (χ2n) is 6.82. The summed E-state index contributed by atoms with van der Waals surface area (Å²) < 4.78 is 5.52. The van der Waals surface area contributed by atoms with Crippen molar-refractivity contribution in [3.05, 3.63) is 65.2 Å². The highest BCUT2D eigenvalue weighted by molar-refractivity contribution is 6.32. The number of amides is 2. The van der Waals surface area contributed by atoms with E-state index in [1.54, 1.807) is 17.0 Å². The number of benzene rings is 2. The van der Waals surface area contributed by atoms with Crippen LogP contribution in [0.25, 0.3) is 0 Å². The van der Waals surface area contributed by atoms with E-state index >= 15 is 0 Å². The van der Waals surface area contributed by atoms with Gasteiger partial charge in [-0.3, -0.25) is 9.59 Å². The topological polar surface area (TPSA) is 49.9 Å². The minimum Gasteiger partial charge on any atom is -0.482 e. The summed E-state index contributed by atoms with van der Waals surface area (Å²) in [6.45, 7) is 2.17. The van der Waals surface area contributed by atoms with E-state index in [9.17, 15) is 9.59 Å². The highest BCUT2D eigenvalue weighted by Crippen LogP contribution is 2.23. The Morgan fingerprint density at radius 1 is 0.857 bits per heavy atom. The number of carbonyl (C=O) groups is 2. The summed E-state index contributed by atoms with van der Waals surface area (Å²) in [5, 5.41) is 0.487. The minimum absolute atomic E-state index is 0.0469. The van der Waals surface area contributed by atoms with Gasteiger partial charge < -0.3 is 14.5 Å². The summed E-state index contributed by atoms with van der Waals surface area (Å²) in [4.78, 5) is 28.3. The predicted octanol–water partition coefficient (Wildman–Crippen LogP) is 3.41. The van der Waals surface area contributed by atoms with Crippen LogP contribution in [0.15, 0.2) is 54.6 Å². The maximum Gasteiger partial charge on any atom is 0.260 e. The molecule has 1 saturated heterocycles. The second kappa shape index (κ2) is 10.1. The molecule has 0 radical (unpaired) electrons. The molecule has 1 aliphatic rings. The van der Waals surface area contributed by atoms with Gasteiger partial charge in [0.1, 0.15) is 5.75 Å². The van der Waals surface area contributed by atoms with Crippen molar-refractivity contribution in [1.29, 1.82) is 0 Å². The molecule has 1 fully saturated rings. The van der Waals surface area contributed by atoms with Crippen molar-refractivity contribution < 1.29 is 14.3 Å². The molecule has 2 aromatic carbocycles. The van der Waals surface area contributed by atoms with E-state index in [2.05, 4.69) is 12.1 Å². The van der Waals surface area contributed by atoms with Crippen LogP contribution in [-0.2, 0) is 16.0 Å². The van der Waals surface area contributed by atoms with Crippen LogP contribution in [-0.4, -0.2) is 54.4 Å². The molecule has 0 atom stereocenters. The van der Waals surface area contributed by atoms with Gasteiger partial charge in [-0.25, -0.2) is 0 Å². The first-order valence-corrected chi connectivity index (χ1v) is 9.98. The molecule has 6 heteroatoms. The lowest BCUT2D eigenvalue weighted by atomic mass is 10.1. The molecule has 2 amide bonds. The standard InChI is InChI=1S/C22H25ClN2O3/c23-19-10-4-5-11-20(19)28-17-22(27)25-15-13-24(14-16-25)21(26)12-6-9-18-7-2-1-3-8-18/h1-5,7-8,10-11H,6,9,12-17H2. The van der Waals surface area contributed by atoms with Crippen LogP contribution in [0.1, 0.15) is 18.4 Å². The molecule has 0 N–H and O–H groups in total. The average molecular weight is 401 g/mol. The van der Waals surface area contributed by atoms with Gasteiger partial charge >= 0.3 is 0 Å². The van der Waals surface area contributed by atoms with Crippen molar-refractivity contribution in [2.75, 3.05) is 32.8 Å². The molecule has 28 heavy (non-hydrogen) atoms. The SMILES string of the molecule is O=C(CCCc1ccccc1)N1CCN(C(=O)COc2ccccc2Cl)CC1. The van der Waals surface area contributed by atoms with E-state index in [-0.39, 0.29) is 18.4 Å². The summed E-state index contributed by atoms with van der Waals surface area (Å²) >= 11 is 6.03. The smallest absolute Gasteiger partial charge is 0.260 e. The quantitative estimate of drug-likeness (QED) is 0.715. The summed E-state index contributed by atoms with van der Waals surface area (Å²) in [6, 6.07) is 17.3. The first-order chi connectivity index (χ1) is 13.6. The Labute approximate surface area is 170 Å². The third-order valence-electron chi connectivity index (χ3n) is 4.87. The molecule has 148 valence electrons. The van der Waals surface area contributed by atoms with E-state index in [0.29, 0.717) is 43.4 Å². The van der Waals surface area contributed by atoms with Gasteiger partial charge in [0.15, 0.2) is 6.61 Å². The first kappa shape index (κ1) is 20.2. The summed E-state index contributed by atoms with van der Waals surface area (Å²) in [5.41, 5.74) is 1.25. The highest BCUT2D eigenvalue weighted by atomic mass is 35.5. The second-order valence-corrected chi connectivity index (χ2v) is 7.23. The molecule has 3 rings (SSSR count). The Hall–Kier alpha value is -2.53. The molecule has 2 aromatic rings. The van der Waals surface area contributed by atoms with Gasteiger partial charge in [-0.05, 0) is 30.5 Å². The van der Waals surface area contributed by atoms with Gasteiger partial charge in [0, 0.05) is 32.6 Å². The molecular weight excluding hydrogens is 376 g/mol. The lowest BCUT2D eigenvalue weighted by Gasteiger charge is -2.34. The summed E-state index contributed by atoms with van der Waals surface area (Å²) in [6.07, 6.45) is 2.29. The number of para-hydroxylation sites is 1. The van der Waals surface area contributed by atoms with Gasteiger partial charge in [-0.2, -0.15) is 0 Å². The number of carbonyl (C=O) groups excluding carboxylic acids is 2. The minimum atomic E-state index is -0.0869. The summed E-state index contributed by atoms with van der Waals surface area (Å²) in [7, 11) is 0. The molecule has 1 heterocycles. The number of aryl methyl sites for hydroxylation is 1. The maximum atomic E-state index is 12.4. The molecule has 0 saturated carbocycles. The van der Waals surface area contributed by atoms with Crippen molar-refractivity contribution in [2.45, 2.75) is 19.3 Å². The highest BCUT2D eigenvalue weighted by Gasteiger charge is 2.24. The predicted molar refractivity (Wildman–Crippen MR) is 109 cm³/mol. The monoisotopic (exact) mass is 400 g/mol. The van der Waals surface area contributed by atoms with Gasteiger partial charge in [-0.1, -0.05) is 54.1 Å². The van der Waals surface area contributed by atoms with E-state index in [1.165, 1.54) is 5.56 Å². The zero-order chi connectivity index (χ0) is 19.8. The zero-order valence-electron chi connectivity index (χ0n) is 15.9. The average Bonchev–Trinajstić information content (AvgIpc) is 2.74. The van der Waals surface area contributed by atoms with Gasteiger partial charge in [-0.15, -0.1) is 0 Å². The van der Waals surface area contributed by atoms with E-state index in [4.69, 9.17) is 16.3 Å². The van der Waals surface area contributed by atoms with Crippen LogP contribution in [0.3, 0.4) is 0 Å². The Kier molecular flexibility index (Phi) is 7.31. The fourth-order valence-corrected chi connectivity index (χ4v) is 3.43. The Morgan fingerprint density at radius 2 is 1.46 bits per heavy atom. The fraction of sp³-hybridized carbons (Fsp3) is 0.364. The van der Waals surface area contributed by atoms with Crippen molar-refractivity contribution in [1.82, 2.24) is 9.80 Å². The zero-order valence-corrected chi connectivity index (χ0v) is 16.6. The van der Waals surface area contributed by atoms with Crippen molar-refractivity contribution in [3.63, 3.8) is 0 Å². The molecule has 0 aromatic heterocycles. The lowest BCUT2D eigenvalue weighted by Crippen LogP contribution is -2.51. The number of piperazine rings is 1. The van der Waals surface area contributed by atoms with Gasteiger partial charge in [0.2, 0.25) is 5.91 Å². The van der Waals surface area contributed by atoms with Gasteiger partial charge in [0.25, 0.3) is 5.91 Å². The van der Waals surface area contributed by atoms with E-state index in [1.807, 2.05) is 35.2 Å². The van der Waals surface area contributed by atoms with Gasteiger partial charge in [0.05, 0.1) is 5.02 Å². The first-order valence-electron chi connectivity index (χ1n) is 9.60. The third kappa shape index (κ3) is 5.73. The maximum absolute atomic E-state index is 12.4. The number of halogens is 1. The number of hydrogen-bond donors (Lipinski definition) is 0. The summed E-state index contributed by atoms with van der Waals surface area (Å²) in [5.74, 6) is 0.580. The third-order valence-corrected chi connectivity index (χ3v) is 5.18. The van der Waals surface area contributed by atoms with E-state index < -0.39 is 0 Å². The Balaban J connectivity index is 1.37. The lowest BCUT2D eigenvalue weighted by molar-refractivity contribution is -0.140. The van der Waals surface area contributed by atoms with Crippen LogP contribution >= 0.6 is 11.6 Å². The molecule has 1 aliphatic heterocycles. The van der Waals surface area contributed by atoms with Crippen molar-refractivity contribution >= 4 is 23.4 Å². The van der Waals surface area contributed by atoms with Crippen LogP contribution in [0, 0.1) is 0 Å². The molecule has 5 nitrogen and oxygen atoms in total. The van der Waals surface area contributed by atoms with Crippen molar-refractivity contribution in [2.24, 2.45) is 0 Å². The number of hydrogen-bond acceptors (Lipinski definition) is 3. The Bertz CT molecular complexity index is 789. The normalized spacial score (nSPS) is 14.0. The number of ether oxygens (including phenoxy) is 1. The largest absolute Gasteiger partial charge is 0.482 e. The Morgan fingerprint density at radius 3 is 2.14 bits per heavy atom. The molecule has 0 bridgehead atoms. The van der Waals surface area contributed by atoms with Crippen LogP contribution in [0.2, 0.25) is 5.02 Å². The number of rotatable bonds is 7. The molecule has 0 spiro atoms. The van der Waals surface area contributed by atoms with Crippen LogP contribution < -0.4 is 4.74 Å². The van der Waals surface area contributed by atoms with E-state index in [0.717, 1.165) is 12.8 Å². The molecule has 0 unspecified atom stereocenters. The molecule has 0 aliphatic carbocycles. The molecular formula is C22H25ClN2O3. The fourth-order valence-electron chi connectivity index (χ4n) is 3.24. The van der Waals surface area contributed by atoms with Crippen LogP contribution in [0.5, 0.6) is 5.75 Å². The van der Waals surface area contributed by atoms with Crippen LogP contribution in [0.4, 0.5) is 0 Å².